The van der Waals surface area contributed by atoms with Crippen molar-refractivity contribution >= 4 is 31.4 Å². The van der Waals surface area contributed by atoms with Crippen LogP contribution in [0.2, 0.25) is 0 Å². The second kappa shape index (κ2) is 19.0. The van der Waals surface area contributed by atoms with Crippen LogP contribution in [-0.4, -0.2) is 82.2 Å². The summed E-state index contributed by atoms with van der Waals surface area (Å²) in [6.45, 7) is 2.59. The number of likely N-dealkylation sites (tertiary alicyclic amines) is 1. The van der Waals surface area contributed by atoms with Gasteiger partial charge in [0.2, 0.25) is 18.0 Å². The fourth-order valence-electron chi connectivity index (χ4n) is 8.56. The first-order chi connectivity index (χ1) is 30.8. The van der Waals surface area contributed by atoms with Crippen molar-refractivity contribution < 1.29 is 55.6 Å². The van der Waals surface area contributed by atoms with Crippen molar-refractivity contribution in [1.82, 2.24) is 19.7 Å². The van der Waals surface area contributed by atoms with E-state index in [4.69, 9.17) is 27.9 Å². The quantitative estimate of drug-likeness (QED) is 0.0938. The lowest BCUT2D eigenvalue weighted by molar-refractivity contribution is -0.0657. The molecule has 1 N–H and O–H groups in total. The standard InChI is InChI=1S/C45H48F2N5O11P/c1-29-21-45(63-49-29)18-17-30(2)51-24-38(45)52-23-36(42(54)48-22-33-15-16-34(46)20-37(33)47)40(53)41(39(52)43(51)55)58-28-59-44(56)50-19-9-14-35(50)27-62-64(57,60-25-31-10-5-3-6-11-31)61-26-32-12-7-4-8-13-32/h3-8,10-13,15-16,20,23,30,35,38H,9,14,17-19,21-22,24-28H2,1-2H3,(H,48,54)/t30-,35-,38+,45-/m0/s1. The number of carbonyl (C=O) groups is 3. The van der Waals surface area contributed by atoms with Gasteiger partial charge in [0.1, 0.15) is 17.2 Å². The topological polar surface area (TPSA) is 177 Å². The molecular formula is C45H48F2N5O11P. The summed E-state index contributed by atoms with van der Waals surface area (Å²) in [6, 6.07) is 19.6. The molecule has 19 heteroatoms. The van der Waals surface area contributed by atoms with Gasteiger partial charge in [0.15, 0.2) is 11.3 Å². The maximum Gasteiger partial charge on any atom is 0.475 e. The van der Waals surface area contributed by atoms with Crippen LogP contribution in [0.5, 0.6) is 5.75 Å². The third-order valence-electron chi connectivity index (χ3n) is 12.0. The maximum atomic E-state index is 14.5. The van der Waals surface area contributed by atoms with Crippen molar-refractivity contribution in [3.63, 3.8) is 0 Å². The number of benzene rings is 3. The zero-order valence-electron chi connectivity index (χ0n) is 35.3. The number of ether oxygens (including phenoxy) is 2. The van der Waals surface area contributed by atoms with Gasteiger partial charge in [-0.05, 0) is 56.7 Å². The molecule has 1 spiro atoms. The molecule has 5 heterocycles. The highest BCUT2D eigenvalue weighted by atomic mass is 31.2. The van der Waals surface area contributed by atoms with E-state index in [1.165, 1.54) is 21.7 Å². The lowest BCUT2D eigenvalue weighted by Gasteiger charge is -2.42. The van der Waals surface area contributed by atoms with Crippen LogP contribution in [0.1, 0.15) is 89.5 Å². The fourth-order valence-corrected chi connectivity index (χ4v) is 9.75. The van der Waals surface area contributed by atoms with Crippen LogP contribution >= 0.6 is 7.82 Å². The Morgan fingerprint density at radius 2 is 1.67 bits per heavy atom. The highest BCUT2D eigenvalue weighted by Crippen LogP contribution is 2.51. The third-order valence-corrected chi connectivity index (χ3v) is 13.4. The van der Waals surface area contributed by atoms with E-state index in [1.807, 2.05) is 74.5 Å². The number of oxime groups is 1. The normalized spacial score (nSPS) is 21.5. The first-order valence-electron chi connectivity index (χ1n) is 21.0. The van der Waals surface area contributed by atoms with Crippen molar-refractivity contribution in [3.05, 3.63) is 135 Å². The molecular weight excluding hydrogens is 855 g/mol. The maximum absolute atomic E-state index is 14.5. The van der Waals surface area contributed by atoms with Gasteiger partial charge in [-0.25, -0.2) is 18.1 Å². The van der Waals surface area contributed by atoms with Gasteiger partial charge in [-0.1, -0.05) is 71.9 Å². The van der Waals surface area contributed by atoms with Crippen molar-refractivity contribution in [1.29, 1.82) is 0 Å². The molecule has 8 rings (SSSR count). The number of fused-ring (bicyclic) bond motifs is 5. The molecule has 3 amide bonds. The molecule has 4 atom stereocenters. The first kappa shape index (κ1) is 44.7. The van der Waals surface area contributed by atoms with Gasteiger partial charge in [-0.2, -0.15) is 0 Å². The predicted molar refractivity (Wildman–Crippen MR) is 226 cm³/mol. The van der Waals surface area contributed by atoms with Crippen LogP contribution < -0.4 is 15.5 Å². The molecule has 4 aromatic rings. The van der Waals surface area contributed by atoms with Crippen LogP contribution in [0.15, 0.2) is 95.0 Å². The minimum Gasteiger partial charge on any atom is -0.451 e. The summed E-state index contributed by atoms with van der Waals surface area (Å²) in [5, 5.41) is 6.76. The molecule has 64 heavy (non-hydrogen) atoms. The van der Waals surface area contributed by atoms with E-state index in [9.17, 15) is 32.5 Å². The third kappa shape index (κ3) is 9.60. The molecule has 0 unspecified atom stereocenters. The SMILES string of the molecule is CC1=NO[C@@]2(CC[C@H](C)N3C[C@H]2n2cc(C(=O)NCc4ccc(F)cc4F)c(=O)c(OCOC(=O)N4CCC[C@H]4COP(=O)(OCc4ccccc4)OCc4ccccc4)c2C3=O)C1. The van der Waals surface area contributed by atoms with Crippen LogP contribution in [0.25, 0.3) is 0 Å². The molecule has 0 radical (unpaired) electrons. The smallest absolute Gasteiger partial charge is 0.451 e. The number of halogens is 2. The van der Waals surface area contributed by atoms with Crippen molar-refractivity contribution in [3.8, 4) is 5.75 Å². The van der Waals surface area contributed by atoms with Crippen LogP contribution in [0, 0.1) is 11.6 Å². The lowest BCUT2D eigenvalue weighted by atomic mass is 9.84. The van der Waals surface area contributed by atoms with Crippen LogP contribution in [0.3, 0.4) is 0 Å². The van der Waals surface area contributed by atoms with Crippen molar-refractivity contribution in [2.45, 2.75) is 89.4 Å². The zero-order valence-corrected chi connectivity index (χ0v) is 36.2. The molecule has 0 saturated carbocycles. The Bertz CT molecular complexity index is 2480. The Kier molecular flexibility index (Phi) is 13.3. The number of hydrogen-bond acceptors (Lipinski definition) is 12. The molecule has 2 bridgehead atoms. The van der Waals surface area contributed by atoms with Gasteiger partial charge in [0.25, 0.3) is 11.8 Å². The molecule has 2 saturated heterocycles. The number of pyridine rings is 1. The molecule has 4 aliphatic heterocycles. The van der Waals surface area contributed by atoms with Gasteiger partial charge in [-0.15, -0.1) is 0 Å². The fraction of sp³-hybridized carbons (Fsp3) is 0.400. The summed E-state index contributed by atoms with van der Waals surface area (Å²) in [7, 11) is -4.17. The summed E-state index contributed by atoms with van der Waals surface area (Å²) in [5.41, 5.74) is -0.331. The van der Waals surface area contributed by atoms with Crippen molar-refractivity contribution in [2.75, 3.05) is 26.5 Å². The molecule has 338 valence electrons. The van der Waals surface area contributed by atoms with E-state index >= 15 is 0 Å². The number of nitrogens with zero attached hydrogens (tertiary/aromatic N) is 4. The Balaban J connectivity index is 1.01. The van der Waals surface area contributed by atoms with Crippen LogP contribution in [-0.2, 0) is 47.5 Å². The van der Waals surface area contributed by atoms with E-state index in [1.54, 1.807) is 4.90 Å². The summed E-state index contributed by atoms with van der Waals surface area (Å²) in [6.07, 6.45) is 2.94. The van der Waals surface area contributed by atoms with E-state index in [-0.39, 0.29) is 56.8 Å². The summed E-state index contributed by atoms with van der Waals surface area (Å²) < 4.78 is 72.4. The molecule has 4 aliphatic rings. The van der Waals surface area contributed by atoms with Gasteiger partial charge in [-0.3, -0.25) is 28.0 Å². The molecule has 1 aromatic heterocycles. The average Bonchev–Trinajstić information content (AvgIpc) is 3.91. The Morgan fingerprint density at radius 1 is 0.969 bits per heavy atom. The Hall–Kier alpha value is -5.94. The number of hydrogen-bond donors (Lipinski definition) is 1. The predicted octanol–water partition coefficient (Wildman–Crippen LogP) is 7.27. The zero-order chi connectivity index (χ0) is 45.0. The van der Waals surface area contributed by atoms with Crippen molar-refractivity contribution in [2.24, 2.45) is 5.16 Å². The van der Waals surface area contributed by atoms with E-state index < -0.39 is 78.6 Å². The monoisotopic (exact) mass is 903 g/mol. The number of phosphoric ester groups is 1. The first-order valence-corrected chi connectivity index (χ1v) is 22.5. The number of nitrogens with one attached hydrogen (secondary N) is 1. The highest BCUT2D eigenvalue weighted by molar-refractivity contribution is 7.48. The summed E-state index contributed by atoms with van der Waals surface area (Å²) >= 11 is 0. The van der Waals surface area contributed by atoms with Gasteiger partial charge in [0.05, 0.1) is 37.6 Å². The average molecular weight is 904 g/mol. The Labute approximate surface area is 367 Å². The van der Waals surface area contributed by atoms with E-state index in [2.05, 4.69) is 10.5 Å². The summed E-state index contributed by atoms with van der Waals surface area (Å²) in [5.74, 6) is -3.69. The second-order valence-corrected chi connectivity index (χ2v) is 18.0. The molecule has 16 nitrogen and oxygen atoms in total. The van der Waals surface area contributed by atoms with E-state index in [0.717, 1.165) is 22.9 Å². The van der Waals surface area contributed by atoms with Crippen LogP contribution in [0.4, 0.5) is 13.6 Å². The van der Waals surface area contributed by atoms with Gasteiger partial charge < -0.3 is 34.0 Å². The molecule has 3 aromatic carbocycles. The number of phosphoric acid groups is 1. The lowest BCUT2D eigenvalue weighted by Crippen LogP contribution is -2.52. The van der Waals surface area contributed by atoms with Gasteiger partial charge >= 0.3 is 13.9 Å². The number of aromatic nitrogens is 1. The summed E-state index contributed by atoms with van der Waals surface area (Å²) in [4.78, 5) is 65.1. The second-order valence-electron chi connectivity index (χ2n) is 16.3. The number of rotatable bonds is 15. The number of carbonyl (C=O) groups excluding carboxylic acids is 3. The molecule has 2 fully saturated rings. The largest absolute Gasteiger partial charge is 0.475 e. The number of amides is 3. The molecule has 0 aliphatic carbocycles. The van der Waals surface area contributed by atoms with E-state index in [0.29, 0.717) is 38.2 Å². The highest BCUT2D eigenvalue weighted by Gasteiger charge is 2.54. The van der Waals surface area contributed by atoms with Gasteiger partial charge in [0, 0.05) is 49.9 Å². The minimum atomic E-state index is -4.17. The minimum absolute atomic E-state index is 0.0291. The Morgan fingerprint density at radius 3 is 2.33 bits per heavy atom.